The average molecular weight is 754 g/mol. The van der Waals surface area contributed by atoms with E-state index in [9.17, 15) is 28.8 Å². The van der Waals surface area contributed by atoms with Gasteiger partial charge in [0.1, 0.15) is 12.3 Å². The van der Waals surface area contributed by atoms with Gasteiger partial charge in [-0.1, -0.05) is 28.4 Å². The first-order valence-electron chi connectivity index (χ1n) is 14.5. The van der Waals surface area contributed by atoms with Crippen LogP contribution in [-0.2, 0) is 51.5 Å². The molecule has 0 spiro atoms. The number of phosphoric acid groups is 1. The number of aromatic amines is 1. The molecule has 2 aliphatic rings. The van der Waals surface area contributed by atoms with Crippen LogP contribution in [0.4, 0.5) is 0 Å². The molecule has 1 aromatic heterocycles. The molecule has 3 unspecified atom stereocenters. The van der Waals surface area contributed by atoms with Crippen LogP contribution in [0.2, 0.25) is 10.0 Å². The van der Waals surface area contributed by atoms with E-state index in [4.69, 9.17) is 65.3 Å². The van der Waals surface area contributed by atoms with Gasteiger partial charge in [-0.15, -0.1) is 0 Å². The summed E-state index contributed by atoms with van der Waals surface area (Å²) in [5.41, 5.74) is -0.989. The zero-order chi connectivity index (χ0) is 36.0. The number of hydrogen-bond acceptors (Lipinski definition) is 16. The Hall–Kier alpha value is -3.48. The highest BCUT2D eigenvalue weighted by Gasteiger charge is 2.43. The van der Waals surface area contributed by atoms with Gasteiger partial charge in [0.05, 0.1) is 42.5 Å². The zero-order valence-corrected chi connectivity index (χ0v) is 29.2. The first kappa shape index (κ1) is 38.3. The number of carbonyl (C=O) groups is 2. The average Bonchev–Trinajstić information content (AvgIpc) is 3.62. The van der Waals surface area contributed by atoms with Crippen molar-refractivity contribution in [2.24, 2.45) is 11.1 Å². The summed E-state index contributed by atoms with van der Waals surface area (Å²) >= 11 is 12.5. The van der Waals surface area contributed by atoms with Gasteiger partial charge in [0, 0.05) is 57.2 Å². The Morgan fingerprint density at radius 1 is 1.12 bits per heavy atom. The lowest BCUT2D eigenvalue weighted by Crippen LogP contribution is -2.33. The maximum Gasteiger partial charge on any atom is 0.474 e. The number of nitrogens with one attached hydrogen (secondary N) is 1. The van der Waals surface area contributed by atoms with Gasteiger partial charge in [0.25, 0.3) is 5.56 Å². The van der Waals surface area contributed by atoms with Crippen LogP contribution in [0.25, 0.3) is 0 Å². The van der Waals surface area contributed by atoms with E-state index >= 15 is 0 Å². The predicted molar refractivity (Wildman–Crippen MR) is 169 cm³/mol. The Balaban J connectivity index is 1.50. The topological polar surface area (TPSA) is 222 Å². The minimum Gasteiger partial charge on any atom is -0.503 e. The number of aromatic hydroxyl groups is 1. The van der Waals surface area contributed by atoms with Crippen molar-refractivity contribution in [3.8, 4) is 11.5 Å². The SMILES string of the molecule is COc1cc(Cl)c(/C=N/O[C@@H]2C[C@H](n3cc(C)c(=O)[nH]c3=O)O[C@@H]2COP(=O)(OC)OC[C@@H]2CC(OC(C)=O)OC2OC(C)=O)c(Cl)c1O. The first-order chi connectivity index (χ1) is 23.1. The molecule has 0 bridgehead atoms. The summed E-state index contributed by atoms with van der Waals surface area (Å²) < 4.78 is 57.4. The van der Waals surface area contributed by atoms with Crippen LogP contribution >= 0.6 is 31.0 Å². The lowest BCUT2D eigenvalue weighted by molar-refractivity contribution is -0.212. The molecule has 4 rings (SSSR count). The molecule has 21 heteroatoms. The molecule has 2 saturated heterocycles. The Morgan fingerprint density at radius 3 is 2.47 bits per heavy atom. The lowest BCUT2D eigenvalue weighted by atomic mass is 10.1. The summed E-state index contributed by atoms with van der Waals surface area (Å²) in [5.74, 6) is -2.35. The number of aryl methyl sites for hydroxylation is 1. The summed E-state index contributed by atoms with van der Waals surface area (Å²) in [6.07, 6.45) is -2.72. The molecular weight excluding hydrogens is 720 g/mol. The number of hydrogen-bond donors (Lipinski definition) is 2. The van der Waals surface area contributed by atoms with Gasteiger partial charge in [-0.25, -0.2) is 9.36 Å². The van der Waals surface area contributed by atoms with Gasteiger partial charge >= 0.3 is 25.5 Å². The lowest BCUT2D eigenvalue weighted by Gasteiger charge is -2.23. The highest BCUT2D eigenvalue weighted by atomic mass is 35.5. The van der Waals surface area contributed by atoms with E-state index in [0.29, 0.717) is 0 Å². The van der Waals surface area contributed by atoms with Crippen LogP contribution in [0.3, 0.4) is 0 Å². The molecule has 2 N–H and O–H groups in total. The number of phenolic OH excluding ortho intramolecular Hbond substituents is 1. The standard InChI is InChI=1S/C28H34Cl2N3O15P/c1-13-10-33(28(38)32-26(13)37)22-8-19(48-31-9-17-18(29)7-20(40-4)25(36)24(17)30)21(46-22)12-43-49(39,41-5)42-11-16-6-23(44-14(2)34)47-27(16)45-15(3)35/h7,9-10,16,19,21-23,27,36H,6,8,11-12H2,1-5H3,(H,32,37,38)/b31-9+/t16-,19+,21+,22+,23?,27?,49?/m0/s1. The third kappa shape index (κ3) is 9.61. The number of nitrogens with zero attached hydrogens (tertiary/aromatic N) is 2. The Morgan fingerprint density at radius 2 is 1.82 bits per heavy atom. The number of aromatic nitrogens is 2. The second-order valence-electron chi connectivity index (χ2n) is 10.7. The van der Waals surface area contributed by atoms with Crippen molar-refractivity contribution in [1.29, 1.82) is 0 Å². The molecule has 0 aliphatic carbocycles. The van der Waals surface area contributed by atoms with Crippen molar-refractivity contribution in [3.05, 3.63) is 54.3 Å². The van der Waals surface area contributed by atoms with E-state index in [1.54, 1.807) is 0 Å². The fourth-order valence-electron chi connectivity index (χ4n) is 4.83. The minimum absolute atomic E-state index is 0.00869. The largest absolute Gasteiger partial charge is 0.503 e. The van der Waals surface area contributed by atoms with Crippen molar-refractivity contribution < 1.29 is 61.4 Å². The fraction of sp³-hybridized carbons (Fsp3) is 0.536. The summed E-state index contributed by atoms with van der Waals surface area (Å²) in [4.78, 5) is 55.4. The number of halogens is 2. The number of esters is 2. The van der Waals surface area contributed by atoms with Gasteiger partial charge in [-0.3, -0.25) is 37.5 Å². The van der Waals surface area contributed by atoms with Crippen LogP contribution < -0.4 is 16.0 Å². The van der Waals surface area contributed by atoms with Gasteiger partial charge in [0.15, 0.2) is 17.6 Å². The number of carbonyl (C=O) groups excluding carboxylic acids is 2. The molecule has 270 valence electrons. The molecule has 0 radical (unpaired) electrons. The predicted octanol–water partition coefficient (Wildman–Crippen LogP) is 3.18. The van der Waals surface area contributed by atoms with Crippen molar-refractivity contribution in [3.63, 3.8) is 0 Å². The minimum atomic E-state index is -4.32. The summed E-state index contributed by atoms with van der Waals surface area (Å²) in [6.45, 7) is 3.01. The number of methoxy groups -OCH3 is 1. The third-order valence-electron chi connectivity index (χ3n) is 7.24. The summed E-state index contributed by atoms with van der Waals surface area (Å²) in [5, 5.41) is 14.1. The number of phenols is 1. The van der Waals surface area contributed by atoms with E-state index in [0.717, 1.165) is 24.8 Å². The van der Waals surface area contributed by atoms with Gasteiger partial charge in [0.2, 0.25) is 12.6 Å². The molecule has 0 saturated carbocycles. The number of phosphoric ester groups is 1. The molecule has 2 fully saturated rings. The fourth-order valence-corrected chi connectivity index (χ4v) is 6.36. The second kappa shape index (κ2) is 16.5. The molecule has 2 aromatic rings. The van der Waals surface area contributed by atoms with Gasteiger partial charge < -0.3 is 33.6 Å². The van der Waals surface area contributed by atoms with E-state index < -0.39 is 74.6 Å². The summed E-state index contributed by atoms with van der Waals surface area (Å²) in [7, 11) is -1.92. The number of benzene rings is 1. The number of H-pyrrole nitrogens is 1. The van der Waals surface area contributed by atoms with Crippen LogP contribution in [0.15, 0.2) is 27.0 Å². The van der Waals surface area contributed by atoms with Crippen LogP contribution in [0.1, 0.15) is 44.0 Å². The highest BCUT2D eigenvalue weighted by molar-refractivity contribution is 7.48. The van der Waals surface area contributed by atoms with Crippen molar-refractivity contribution in [2.75, 3.05) is 27.4 Å². The highest BCUT2D eigenvalue weighted by Crippen LogP contribution is 2.50. The van der Waals surface area contributed by atoms with Gasteiger partial charge in [-0.2, -0.15) is 0 Å². The zero-order valence-electron chi connectivity index (χ0n) is 26.8. The van der Waals surface area contributed by atoms with Gasteiger partial charge in [-0.05, 0) is 6.92 Å². The number of ether oxygens (including phenoxy) is 5. The molecule has 0 amide bonds. The van der Waals surface area contributed by atoms with Crippen molar-refractivity contribution in [2.45, 2.75) is 64.6 Å². The molecule has 1 aromatic carbocycles. The number of rotatable bonds is 14. The molecule has 7 atom stereocenters. The van der Waals surface area contributed by atoms with Crippen LogP contribution in [0.5, 0.6) is 11.5 Å². The Labute approximate surface area is 288 Å². The van der Waals surface area contributed by atoms with E-state index in [1.165, 1.54) is 33.2 Å². The molecule has 18 nitrogen and oxygen atoms in total. The quantitative estimate of drug-likeness (QED) is 0.122. The molecule has 2 aliphatic heterocycles. The normalized spacial score (nSPS) is 24.9. The summed E-state index contributed by atoms with van der Waals surface area (Å²) in [6, 6.07) is 1.32. The van der Waals surface area contributed by atoms with E-state index in [2.05, 4.69) is 10.1 Å². The maximum absolute atomic E-state index is 13.5. The van der Waals surface area contributed by atoms with Crippen molar-refractivity contribution >= 4 is 49.2 Å². The maximum atomic E-state index is 13.5. The van der Waals surface area contributed by atoms with E-state index in [-0.39, 0.29) is 52.1 Å². The smallest absolute Gasteiger partial charge is 0.474 e. The van der Waals surface area contributed by atoms with Crippen LogP contribution in [-0.4, -0.2) is 85.0 Å². The Kier molecular flexibility index (Phi) is 12.9. The number of oxime groups is 1. The molecule has 49 heavy (non-hydrogen) atoms. The first-order valence-corrected chi connectivity index (χ1v) is 16.7. The Bertz CT molecular complexity index is 1730. The molecule has 3 heterocycles. The second-order valence-corrected chi connectivity index (χ2v) is 13.3. The van der Waals surface area contributed by atoms with Crippen LogP contribution in [0, 0.1) is 12.8 Å². The third-order valence-corrected chi connectivity index (χ3v) is 9.31. The van der Waals surface area contributed by atoms with E-state index in [1.807, 2.05) is 0 Å². The molecular formula is C28H34Cl2N3O15P. The monoisotopic (exact) mass is 753 g/mol. The van der Waals surface area contributed by atoms with Crippen molar-refractivity contribution in [1.82, 2.24) is 9.55 Å².